The van der Waals surface area contributed by atoms with Crippen molar-refractivity contribution in [1.82, 2.24) is 4.98 Å². The minimum absolute atomic E-state index is 0.0643. The van der Waals surface area contributed by atoms with E-state index in [1.54, 1.807) is 36.4 Å². The fourth-order valence-electron chi connectivity index (χ4n) is 4.20. The molecule has 0 bridgehead atoms. The highest BCUT2D eigenvalue weighted by molar-refractivity contribution is 14.1. The van der Waals surface area contributed by atoms with Crippen molar-refractivity contribution >= 4 is 68.3 Å². The Morgan fingerprint density at radius 3 is 2.66 bits per heavy atom. The molecule has 0 spiro atoms. The standard InChI is InChI=1S/C25H20ClIN4O4/c26-19-7-5-16(27)13-18(19)25-29-20-14-17(6-9-23(20)35-25)28-24(32)15-4-8-21(22(12-15)31(33)34)30-10-2-1-3-11-30/h4-9,12-14H,1-3,10-11H2,(H,28,32). The number of hydrogen-bond acceptors (Lipinski definition) is 6. The van der Waals surface area contributed by atoms with Crippen LogP contribution in [-0.2, 0) is 0 Å². The average molecular weight is 603 g/mol. The van der Waals surface area contributed by atoms with Gasteiger partial charge in [0.2, 0.25) is 5.89 Å². The number of piperidine rings is 1. The molecular formula is C25H20ClIN4O4. The number of halogens is 2. The fraction of sp³-hybridized carbons (Fsp3) is 0.200. The summed E-state index contributed by atoms with van der Waals surface area (Å²) in [6.45, 7) is 1.55. The van der Waals surface area contributed by atoms with Gasteiger partial charge in [0.1, 0.15) is 11.2 Å². The maximum atomic E-state index is 12.9. The highest BCUT2D eigenvalue weighted by Crippen LogP contribution is 2.33. The first-order valence-corrected chi connectivity index (χ1v) is 12.6. The summed E-state index contributed by atoms with van der Waals surface area (Å²) in [5.74, 6) is -0.0575. The summed E-state index contributed by atoms with van der Waals surface area (Å²) in [5.41, 5.74) is 2.99. The normalized spacial score (nSPS) is 13.7. The predicted molar refractivity (Wildman–Crippen MR) is 144 cm³/mol. The molecule has 0 atom stereocenters. The van der Waals surface area contributed by atoms with E-state index in [0.29, 0.717) is 39.0 Å². The molecule has 178 valence electrons. The van der Waals surface area contributed by atoms with Crippen molar-refractivity contribution < 1.29 is 14.1 Å². The second-order valence-corrected chi connectivity index (χ2v) is 9.94. The van der Waals surface area contributed by atoms with Gasteiger partial charge in [-0.2, -0.15) is 0 Å². The van der Waals surface area contributed by atoms with Crippen molar-refractivity contribution in [2.24, 2.45) is 0 Å². The van der Waals surface area contributed by atoms with E-state index in [1.807, 2.05) is 17.0 Å². The third kappa shape index (κ3) is 4.96. The highest BCUT2D eigenvalue weighted by Gasteiger charge is 2.23. The Morgan fingerprint density at radius 2 is 1.89 bits per heavy atom. The van der Waals surface area contributed by atoms with Gasteiger partial charge in [0.25, 0.3) is 11.6 Å². The van der Waals surface area contributed by atoms with Crippen molar-refractivity contribution in [1.29, 1.82) is 0 Å². The van der Waals surface area contributed by atoms with Crippen LogP contribution in [-0.4, -0.2) is 28.9 Å². The van der Waals surface area contributed by atoms with Crippen LogP contribution in [0.1, 0.15) is 29.6 Å². The van der Waals surface area contributed by atoms with Crippen LogP contribution in [0.5, 0.6) is 0 Å². The molecule has 1 aliphatic rings. The van der Waals surface area contributed by atoms with Crippen molar-refractivity contribution in [3.05, 3.63) is 78.9 Å². The molecule has 8 nitrogen and oxygen atoms in total. The number of oxazole rings is 1. The lowest BCUT2D eigenvalue weighted by Crippen LogP contribution is -2.30. The number of nitrogens with zero attached hydrogens (tertiary/aromatic N) is 3. The second kappa shape index (κ2) is 9.82. The lowest BCUT2D eigenvalue weighted by atomic mass is 10.1. The molecule has 35 heavy (non-hydrogen) atoms. The molecule has 3 aromatic carbocycles. The summed E-state index contributed by atoms with van der Waals surface area (Å²) in [6.07, 6.45) is 3.13. The van der Waals surface area contributed by atoms with E-state index >= 15 is 0 Å². The summed E-state index contributed by atoms with van der Waals surface area (Å²) < 4.78 is 6.85. The lowest BCUT2D eigenvalue weighted by molar-refractivity contribution is -0.384. The number of carbonyl (C=O) groups is 1. The molecule has 5 rings (SSSR count). The highest BCUT2D eigenvalue weighted by atomic mass is 127. The van der Waals surface area contributed by atoms with E-state index in [9.17, 15) is 14.9 Å². The van der Waals surface area contributed by atoms with Crippen molar-refractivity contribution in [3.8, 4) is 11.5 Å². The van der Waals surface area contributed by atoms with E-state index in [1.165, 1.54) is 6.07 Å². The largest absolute Gasteiger partial charge is 0.436 e. The molecule has 0 saturated carbocycles. The van der Waals surface area contributed by atoms with Gasteiger partial charge in [-0.15, -0.1) is 0 Å². The quantitative estimate of drug-likeness (QED) is 0.151. The van der Waals surface area contributed by atoms with Gasteiger partial charge < -0.3 is 14.6 Å². The topological polar surface area (TPSA) is 102 Å². The van der Waals surface area contributed by atoms with E-state index in [2.05, 4.69) is 32.9 Å². The Balaban J connectivity index is 1.39. The Labute approximate surface area is 219 Å². The number of amides is 1. The van der Waals surface area contributed by atoms with Crippen LogP contribution in [0, 0.1) is 13.7 Å². The van der Waals surface area contributed by atoms with Crippen molar-refractivity contribution in [2.75, 3.05) is 23.3 Å². The van der Waals surface area contributed by atoms with Gasteiger partial charge in [-0.3, -0.25) is 14.9 Å². The second-order valence-electron chi connectivity index (χ2n) is 8.29. The van der Waals surface area contributed by atoms with E-state index in [4.69, 9.17) is 16.0 Å². The molecule has 1 saturated heterocycles. The van der Waals surface area contributed by atoms with Crippen LogP contribution >= 0.6 is 34.2 Å². The molecular weight excluding hydrogens is 583 g/mol. The minimum Gasteiger partial charge on any atom is -0.436 e. The molecule has 1 amide bonds. The van der Waals surface area contributed by atoms with Crippen LogP contribution in [0.2, 0.25) is 5.02 Å². The van der Waals surface area contributed by atoms with Crippen LogP contribution in [0.4, 0.5) is 17.1 Å². The number of benzene rings is 3. The third-order valence-corrected chi connectivity index (χ3v) is 6.94. The van der Waals surface area contributed by atoms with E-state index < -0.39 is 10.8 Å². The average Bonchev–Trinajstić information content (AvgIpc) is 3.29. The monoisotopic (exact) mass is 602 g/mol. The van der Waals surface area contributed by atoms with Gasteiger partial charge in [-0.05, 0) is 90.4 Å². The van der Waals surface area contributed by atoms with Crippen LogP contribution in [0.3, 0.4) is 0 Å². The van der Waals surface area contributed by atoms with Gasteiger partial charge in [0.05, 0.1) is 15.5 Å². The summed E-state index contributed by atoms with van der Waals surface area (Å²) in [7, 11) is 0. The Hall–Kier alpha value is -3.18. The van der Waals surface area contributed by atoms with Crippen LogP contribution in [0.15, 0.2) is 59.0 Å². The summed E-state index contributed by atoms with van der Waals surface area (Å²) in [4.78, 5) is 30.7. The molecule has 2 heterocycles. The Bertz CT molecular complexity index is 1450. The molecule has 1 fully saturated rings. The minimum atomic E-state index is -0.443. The van der Waals surface area contributed by atoms with Gasteiger partial charge >= 0.3 is 0 Å². The maximum Gasteiger partial charge on any atom is 0.293 e. The summed E-state index contributed by atoms with van der Waals surface area (Å²) in [5, 5.41) is 15.1. The molecule has 10 heteroatoms. The fourth-order valence-corrected chi connectivity index (χ4v) is 4.89. The molecule has 0 aliphatic carbocycles. The lowest BCUT2D eigenvalue weighted by Gasteiger charge is -2.28. The summed E-state index contributed by atoms with van der Waals surface area (Å²) in [6, 6.07) is 15.3. The molecule has 1 aromatic heterocycles. The van der Waals surface area contributed by atoms with Gasteiger partial charge in [0.15, 0.2) is 5.58 Å². The SMILES string of the molecule is O=C(Nc1ccc2oc(-c3cc(I)ccc3Cl)nc2c1)c1ccc(N2CCCCC2)c([N+](=O)[O-])c1. The number of nitrogens with one attached hydrogen (secondary N) is 1. The van der Waals surface area contributed by atoms with Crippen LogP contribution < -0.4 is 10.2 Å². The molecule has 0 unspecified atom stereocenters. The van der Waals surface area contributed by atoms with Gasteiger partial charge in [0, 0.05) is 34.0 Å². The zero-order valence-electron chi connectivity index (χ0n) is 18.5. The molecule has 4 aromatic rings. The zero-order chi connectivity index (χ0) is 24.5. The van der Waals surface area contributed by atoms with E-state index in [-0.39, 0.29) is 11.3 Å². The number of fused-ring (bicyclic) bond motifs is 1. The number of rotatable bonds is 5. The van der Waals surface area contributed by atoms with Crippen LogP contribution in [0.25, 0.3) is 22.6 Å². The molecule has 0 radical (unpaired) electrons. The third-order valence-electron chi connectivity index (χ3n) is 5.94. The van der Waals surface area contributed by atoms with E-state index in [0.717, 1.165) is 35.9 Å². The Kier molecular flexibility index (Phi) is 6.61. The number of anilines is 2. The smallest absolute Gasteiger partial charge is 0.293 e. The first kappa shape index (κ1) is 23.6. The Morgan fingerprint density at radius 1 is 1.09 bits per heavy atom. The number of nitro groups is 1. The zero-order valence-corrected chi connectivity index (χ0v) is 21.4. The first-order chi connectivity index (χ1) is 16.9. The maximum absolute atomic E-state index is 12.9. The number of carbonyl (C=O) groups excluding carboxylic acids is 1. The number of aromatic nitrogens is 1. The molecule has 1 N–H and O–H groups in total. The number of nitro benzene ring substituents is 1. The van der Waals surface area contributed by atoms with Crippen molar-refractivity contribution in [3.63, 3.8) is 0 Å². The van der Waals surface area contributed by atoms with Crippen molar-refractivity contribution in [2.45, 2.75) is 19.3 Å². The number of hydrogen-bond donors (Lipinski definition) is 1. The predicted octanol–water partition coefficient (Wildman–Crippen LogP) is 6.90. The first-order valence-electron chi connectivity index (χ1n) is 11.1. The van der Waals surface area contributed by atoms with Gasteiger partial charge in [-0.1, -0.05) is 11.6 Å². The summed E-state index contributed by atoms with van der Waals surface area (Å²) >= 11 is 8.50. The van der Waals surface area contributed by atoms with Gasteiger partial charge in [-0.25, -0.2) is 4.98 Å². The molecule has 1 aliphatic heterocycles.